The smallest absolute Gasteiger partial charge is 0.241 e. The molecule has 22 heavy (non-hydrogen) atoms. The second kappa shape index (κ2) is 9.68. The molecule has 0 radical (unpaired) electrons. The molecule has 0 aliphatic carbocycles. The summed E-state index contributed by atoms with van der Waals surface area (Å²) in [4.78, 5) is 33.1. The number of anilines is 2. The van der Waals surface area contributed by atoms with Gasteiger partial charge in [0, 0.05) is 13.1 Å². The molecule has 0 saturated heterocycles. The molecule has 2 N–H and O–H groups in total. The first-order chi connectivity index (χ1) is 10.6. The van der Waals surface area contributed by atoms with Gasteiger partial charge in [-0.3, -0.25) is 9.59 Å². The number of aromatic nitrogens is 2. The molecule has 0 aliphatic rings. The molecule has 0 atom stereocenters. The Morgan fingerprint density at radius 3 is 1.45 bits per heavy atom. The van der Waals surface area contributed by atoms with Crippen LogP contribution < -0.4 is 10.6 Å². The predicted octanol–water partition coefficient (Wildman–Crippen LogP) is 3.13. The molecule has 0 aromatic carbocycles. The van der Waals surface area contributed by atoms with Gasteiger partial charge in [0.25, 0.3) is 0 Å². The Hall–Kier alpha value is -1.28. The summed E-state index contributed by atoms with van der Waals surface area (Å²) < 4.78 is 0. The van der Waals surface area contributed by atoms with Crippen molar-refractivity contribution in [1.82, 2.24) is 9.97 Å². The fourth-order valence-electron chi connectivity index (χ4n) is 1.70. The zero-order valence-corrected chi connectivity index (χ0v) is 15.0. The average molecular weight is 342 g/mol. The van der Waals surface area contributed by atoms with Crippen molar-refractivity contribution in [2.24, 2.45) is 0 Å². The van der Waals surface area contributed by atoms with Gasteiger partial charge in [-0.1, -0.05) is 37.4 Å². The lowest BCUT2D eigenvalue weighted by atomic mass is 10.3. The highest BCUT2D eigenvalue weighted by Gasteiger charge is 2.22. The predicted molar refractivity (Wildman–Crippen MR) is 95.3 cm³/mol. The van der Waals surface area contributed by atoms with E-state index in [1.54, 1.807) is 0 Å². The standard InChI is InChI=1S/C14H22N4O2S2/c1-5-15-11-9(13(19)21-7-3)18-12(16-6-2)10(17-11)14(20)22-8-4/h5-8H2,1-4H3,(H,15,17)(H,16,18). The Balaban J connectivity index is 3.35. The molecule has 0 spiro atoms. The van der Waals surface area contributed by atoms with E-state index in [9.17, 15) is 9.59 Å². The van der Waals surface area contributed by atoms with Gasteiger partial charge in [0.15, 0.2) is 23.0 Å². The van der Waals surface area contributed by atoms with E-state index in [4.69, 9.17) is 0 Å². The Kier molecular flexibility index (Phi) is 8.26. The normalized spacial score (nSPS) is 10.4. The fraction of sp³-hybridized carbons (Fsp3) is 0.571. The third-order valence-electron chi connectivity index (χ3n) is 2.52. The molecular formula is C14H22N4O2S2. The first kappa shape index (κ1) is 18.8. The van der Waals surface area contributed by atoms with E-state index in [1.807, 2.05) is 27.7 Å². The summed E-state index contributed by atoms with van der Waals surface area (Å²) in [6.07, 6.45) is 0. The van der Waals surface area contributed by atoms with E-state index in [0.29, 0.717) is 36.2 Å². The van der Waals surface area contributed by atoms with Crippen molar-refractivity contribution in [3.05, 3.63) is 11.4 Å². The second-order valence-corrected chi connectivity index (χ2v) is 6.59. The topological polar surface area (TPSA) is 84.0 Å². The number of carbonyl (C=O) groups is 2. The van der Waals surface area contributed by atoms with Gasteiger partial charge < -0.3 is 10.6 Å². The van der Waals surface area contributed by atoms with Crippen molar-refractivity contribution >= 4 is 45.4 Å². The lowest BCUT2D eigenvalue weighted by molar-refractivity contribution is 0.107. The fourth-order valence-corrected chi connectivity index (χ4v) is 2.78. The zero-order chi connectivity index (χ0) is 16.5. The molecule has 1 aromatic heterocycles. The van der Waals surface area contributed by atoms with Crippen LogP contribution in [-0.2, 0) is 0 Å². The summed E-state index contributed by atoms with van der Waals surface area (Å²) in [6, 6.07) is 0. The van der Waals surface area contributed by atoms with E-state index >= 15 is 0 Å². The van der Waals surface area contributed by atoms with Gasteiger partial charge in [-0.2, -0.15) is 0 Å². The zero-order valence-electron chi connectivity index (χ0n) is 13.4. The molecule has 1 heterocycles. The molecule has 0 aliphatic heterocycles. The molecule has 0 saturated carbocycles. The molecule has 0 amide bonds. The third-order valence-corrected chi connectivity index (χ3v) is 4.01. The first-order valence-corrected chi connectivity index (χ1v) is 9.30. The van der Waals surface area contributed by atoms with Gasteiger partial charge in [0.2, 0.25) is 10.2 Å². The number of nitrogens with zero attached hydrogens (tertiary/aromatic N) is 2. The maximum atomic E-state index is 12.2. The number of carbonyl (C=O) groups excluding carboxylic acids is 2. The van der Waals surface area contributed by atoms with E-state index in [-0.39, 0.29) is 21.6 Å². The molecule has 122 valence electrons. The summed E-state index contributed by atoms with van der Waals surface area (Å²) in [7, 11) is 0. The average Bonchev–Trinajstić information content (AvgIpc) is 2.49. The van der Waals surface area contributed by atoms with E-state index in [2.05, 4.69) is 20.6 Å². The summed E-state index contributed by atoms with van der Waals surface area (Å²) >= 11 is 2.35. The lowest BCUT2D eigenvalue weighted by Gasteiger charge is -2.13. The Bertz CT molecular complexity index is 490. The highest BCUT2D eigenvalue weighted by atomic mass is 32.2. The van der Waals surface area contributed by atoms with Crippen LogP contribution in [0.4, 0.5) is 11.6 Å². The summed E-state index contributed by atoms with van der Waals surface area (Å²) in [5.41, 5.74) is 0.533. The number of hydrogen-bond acceptors (Lipinski definition) is 8. The molecule has 1 rings (SSSR count). The Morgan fingerprint density at radius 1 is 0.818 bits per heavy atom. The molecule has 8 heteroatoms. The van der Waals surface area contributed by atoms with Crippen LogP contribution in [0.5, 0.6) is 0 Å². The Labute approximate surface area is 139 Å². The maximum Gasteiger partial charge on any atom is 0.241 e. The quantitative estimate of drug-likeness (QED) is 0.745. The lowest BCUT2D eigenvalue weighted by Crippen LogP contribution is -2.16. The SMILES string of the molecule is CCNc1nc(C(=O)SCC)c(NCC)nc1C(=O)SCC. The van der Waals surface area contributed by atoms with Gasteiger partial charge >= 0.3 is 0 Å². The van der Waals surface area contributed by atoms with Gasteiger partial charge in [0.1, 0.15) is 0 Å². The van der Waals surface area contributed by atoms with Crippen molar-refractivity contribution in [3.8, 4) is 0 Å². The summed E-state index contributed by atoms with van der Waals surface area (Å²) in [5, 5.41) is 5.76. The molecule has 6 nitrogen and oxygen atoms in total. The largest absolute Gasteiger partial charge is 0.368 e. The minimum absolute atomic E-state index is 0.146. The van der Waals surface area contributed by atoms with Gasteiger partial charge in [-0.25, -0.2) is 9.97 Å². The third kappa shape index (κ3) is 4.88. The van der Waals surface area contributed by atoms with Crippen LogP contribution >= 0.6 is 23.5 Å². The number of thioether (sulfide) groups is 2. The van der Waals surface area contributed by atoms with Crippen molar-refractivity contribution in [2.45, 2.75) is 27.7 Å². The number of nitrogens with one attached hydrogen (secondary N) is 2. The van der Waals surface area contributed by atoms with Crippen LogP contribution in [0.25, 0.3) is 0 Å². The number of rotatable bonds is 8. The van der Waals surface area contributed by atoms with Crippen molar-refractivity contribution in [1.29, 1.82) is 0 Å². The van der Waals surface area contributed by atoms with Crippen LogP contribution in [-0.4, -0.2) is 44.8 Å². The molecule has 0 unspecified atom stereocenters. The van der Waals surface area contributed by atoms with Crippen molar-refractivity contribution in [3.63, 3.8) is 0 Å². The maximum absolute atomic E-state index is 12.2. The van der Waals surface area contributed by atoms with Crippen LogP contribution in [0.1, 0.15) is 48.7 Å². The van der Waals surface area contributed by atoms with E-state index < -0.39 is 0 Å². The van der Waals surface area contributed by atoms with E-state index in [0.717, 1.165) is 0 Å². The monoisotopic (exact) mass is 342 g/mol. The van der Waals surface area contributed by atoms with Crippen LogP contribution in [0.3, 0.4) is 0 Å². The van der Waals surface area contributed by atoms with Gasteiger partial charge in [-0.15, -0.1) is 0 Å². The minimum Gasteiger partial charge on any atom is -0.368 e. The summed E-state index contributed by atoms with van der Waals surface area (Å²) in [5.74, 6) is 2.06. The van der Waals surface area contributed by atoms with Gasteiger partial charge in [0.05, 0.1) is 0 Å². The molecule has 0 fully saturated rings. The number of hydrogen-bond donors (Lipinski definition) is 2. The summed E-state index contributed by atoms with van der Waals surface area (Å²) in [6.45, 7) is 8.82. The van der Waals surface area contributed by atoms with Crippen LogP contribution in [0, 0.1) is 0 Å². The highest BCUT2D eigenvalue weighted by Crippen LogP contribution is 2.25. The van der Waals surface area contributed by atoms with Crippen molar-refractivity contribution in [2.75, 3.05) is 35.2 Å². The second-order valence-electron chi connectivity index (χ2n) is 4.12. The van der Waals surface area contributed by atoms with Crippen LogP contribution in [0.2, 0.25) is 0 Å². The van der Waals surface area contributed by atoms with Crippen LogP contribution in [0.15, 0.2) is 0 Å². The first-order valence-electron chi connectivity index (χ1n) is 7.32. The molecular weight excluding hydrogens is 320 g/mol. The minimum atomic E-state index is -0.146. The highest BCUT2D eigenvalue weighted by molar-refractivity contribution is 8.14. The van der Waals surface area contributed by atoms with E-state index in [1.165, 1.54) is 23.5 Å². The molecule has 0 bridgehead atoms. The molecule has 1 aromatic rings. The van der Waals surface area contributed by atoms with Gasteiger partial charge in [-0.05, 0) is 25.4 Å². The Morgan fingerprint density at radius 2 is 1.18 bits per heavy atom. The van der Waals surface area contributed by atoms with Crippen molar-refractivity contribution < 1.29 is 9.59 Å².